The van der Waals surface area contributed by atoms with E-state index in [2.05, 4.69) is 5.32 Å². The van der Waals surface area contributed by atoms with Crippen molar-refractivity contribution in [2.45, 2.75) is 13.3 Å². The Morgan fingerprint density at radius 1 is 1.23 bits per heavy atom. The van der Waals surface area contributed by atoms with Gasteiger partial charge in [-0.05, 0) is 36.6 Å². The van der Waals surface area contributed by atoms with Gasteiger partial charge in [0.15, 0.2) is 0 Å². The number of amides is 1. The quantitative estimate of drug-likeness (QED) is 0.656. The van der Waals surface area contributed by atoms with Crippen LogP contribution in [0, 0.1) is 17.0 Å². The van der Waals surface area contributed by atoms with Crippen LogP contribution in [0.5, 0.6) is 0 Å². The maximum atomic E-state index is 12.2. The third-order valence-electron chi connectivity index (χ3n) is 3.29. The molecule has 2 rings (SSSR count). The van der Waals surface area contributed by atoms with E-state index in [1.165, 1.54) is 12.1 Å². The number of nitrogens with zero attached hydrogens (tertiary/aromatic N) is 1. The number of aliphatic hydroxyl groups is 1. The SMILES string of the molecule is Cc1ccc([N+](=O)[O-])cc1C(=O)Nc1ccc(CCO)cc1. The first-order valence-electron chi connectivity index (χ1n) is 6.77. The van der Waals surface area contributed by atoms with Gasteiger partial charge in [0.05, 0.1) is 4.92 Å². The number of benzene rings is 2. The molecule has 114 valence electrons. The minimum absolute atomic E-state index is 0.0680. The van der Waals surface area contributed by atoms with Crippen LogP contribution < -0.4 is 5.32 Å². The number of nitrogens with one attached hydrogen (secondary N) is 1. The Hall–Kier alpha value is -2.73. The highest BCUT2D eigenvalue weighted by Gasteiger charge is 2.14. The molecule has 2 N–H and O–H groups in total. The van der Waals surface area contributed by atoms with E-state index in [9.17, 15) is 14.9 Å². The van der Waals surface area contributed by atoms with Crippen LogP contribution in [0.4, 0.5) is 11.4 Å². The van der Waals surface area contributed by atoms with Crippen LogP contribution in [0.1, 0.15) is 21.5 Å². The first kappa shape index (κ1) is 15.7. The van der Waals surface area contributed by atoms with Crippen LogP contribution in [0.2, 0.25) is 0 Å². The summed E-state index contributed by atoms with van der Waals surface area (Å²) in [5.41, 5.74) is 2.38. The first-order valence-corrected chi connectivity index (χ1v) is 6.77. The lowest BCUT2D eigenvalue weighted by molar-refractivity contribution is -0.384. The molecule has 0 aliphatic heterocycles. The zero-order valence-corrected chi connectivity index (χ0v) is 12.1. The number of carbonyl (C=O) groups is 1. The fourth-order valence-electron chi connectivity index (χ4n) is 2.05. The minimum Gasteiger partial charge on any atom is -0.396 e. The van der Waals surface area contributed by atoms with Crippen molar-refractivity contribution in [2.24, 2.45) is 0 Å². The second kappa shape index (κ2) is 6.82. The number of aliphatic hydroxyl groups excluding tert-OH is 1. The van der Waals surface area contributed by atoms with Gasteiger partial charge in [-0.3, -0.25) is 14.9 Å². The van der Waals surface area contributed by atoms with E-state index in [-0.39, 0.29) is 17.9 Å². The highest BCUT2D eigenvalue weighted by atomic mass is 16.6. The number of aryl methyl sites for hydroxylation is 1. The lowest BCUT2D eigenvalue weighted by Crippen LogP contribution is -2.13. The van der Waals surface area contributed by atoms with Crippen molar-refractivity contribution in [1.29, 1.82) is 0 Å². The van der Waals surface area contributed by atoms with Crippen LogP contribution >= 0.6 is 0 Å². The molecule has 0 saturated heterocycles. The maximum Gasteiger partial charge on any atom is 0.270 e. The number of non-ortho nitro benzene ring substituents is 1. The summed E-state index contributed by atoms with van der Waals surface area (Å²) < 4.78 is 0. The average molecular weight is 300 g/mol. The molecule has 0 fully saturated rings. The van der Waals surface area contributed by atoms with Crippen LogP contribution in [0.15, 0.2) is 42.5 Å². The zero-order valence-electron chi connectivity index (χ0n) is 12.1. The van der Waals surface area contributed by atoms with Crippen LogP contribution in [-0.2, 0) is 6.42 Å². The summed E-state index contributed by atoms with van der Waals surface area (Å²) in [4.78, 5) is 22.5. The fraction of sp³-hybridized carbons (Fsp3) is 0.188. The Morgan fingerprint density at radius 2 is 1.91 bits per heavy atom. The van der Waals surface area contributed by atoms with Crippen LogP contribution in [0.25, 0.3) is 0 Å². The molecule has 2 aromatic rings. The van der Waals surface area contributed by atoms with Crippen LogP contribution in [-0.4, -0.2) is 22.5 Å². The highest BCUT2D eigenvalue weighted by molar-refractivity contribution is 6.05. The molecule has 1 amide bonds. The van der Waals surface area contributed by atoms with Gasteiger partial charge < -0.3 is 10.4 Å². The average Bonchev–Trinajstić information content (AvgIpc) is 2.49. The topological polar surface area (TPSA) is 92.5 Å². The number of hydrogen-bond acceptors (Lipinski definition) is 4. The van der Waals surface area contributed by atoms with Crippen molar-refractivity contribution < 1.29 is 14.8 Å². The van der Waals surface area contributed by atoms with Gasteiger partial charge in [0.1, 0.15) is 0 Å². The van der Waals surface area contributed by atoms with E-state index < -0.39 is 10.8 Å². The Bertz CT molecular complexity index is 696. The Kier molecular flexibility index (Phi) is 4.85. The third-order valence-corrected chi connectivity index (χ3v) is 3.29. The summed E-state index contributed by atoms with van der Waals surface area (Å²) in [5.74, 6) is -0.392. The zero-order chi connectivity index (χ0) is 16.1. The molecule has 0 bridgehead atoms. The smallest absolute Gasteiger partial charge is 0.270 e. The van der Waals surface area contributed by atoms with Gasteiger partial charge in [0, 0.05) is 30.0 Å². The van der Waals surface area contributed by atoms with E-state index in [1.54, 1.807) is 25.1 Å². The second-order valence-corrected chi connectivity index (χ2v) is 4.88. The van der Waals surface area contributed by atoms with E-state index in [1.807, 2.05) is 12.1 Å². The summed E-state index contributed by atoms with van der Waals surface area (Å²) in [5, 5.41) is 22.4. The first-order chi connectivity index (χ1) is 10.5. The molecule has 6 nitrogen and oxygen atoms in total. The minimum atomic E-state index is -0.528. The number of nitro benzene ring substituents is 1. The van der Waals surface area contributed by atoms with E-state index in [4.69, 9.17) is 5.11 Å². The van der Waals surface area contributed by atoms with E-state index in [0.717, 1.165) is 5.56 Å². The van der Waals surface area contributed by atoms with Gasteiger partial charge in [0.25, 0.3) is 11.6 Å². The molecule has 0 saturated carbocycles. The molecule has 0 radical (unpaired) electrons. The van der Waals surface area contributed by atoms with Crippen LogP contribution in [0.3, 0.4) is 0 Å². The lowest BCUT2D eigenvalue weighted by atomic mass is 10.1. The number of nitro groups is 1. The number of anilines is 1. The molecule has 2 aromatic carbocycles. The van der Waals surface area contributed by atoms with Crippen molar-refractivity contribution >= 4 is 17.3 Å². The molecule has 0 spiro atoms. The summed E-state index contributed by atoms with van der Waals surface area (Å²) >= 11 is 0. The molecule has 0 unspecified atom stereocenters. The highest BCUT2D eigenvalue weighted by Crippen LogP contribution is 2.19. The molecule has 0 heterocycles. The Labute approximate surface area is 127 Å². The summed E-state index contributed by atoms with van der Waals surface area (Å²) in [6.07, 6.45) is 0.554. The molecular weight excluding hydrogens is 284 g/mol. The molecule has 22 heavy (non-hydrogen) atoms. The number of hydrogen-bond donors (Lipinski definition) is 2. The normalized spacial score (nSPS) is 10.3. The standard InChI is InChI=1S/C16H16N2O4/c1-11-2-7-14(18(21)22)10-15(11)16(20)17-13-5-3-12(4-6-13)8-9-19/h2-7,10,19H,8-9H2,1H3,(H,17,20). The van der Waals surface area contributed by atoms with Gasteiger partial charge in [-0.25, -0.2) is 0 Å². The summed E-state index contributed by atoms with van der Waals surface area (Å²) in [6.45, 7) is 1.79. The second-order valence-electron chi connectivity index (χ2n) is 4.88. The molecule has 0 aliphatic carbocycles. The molecule has 0 atom stereocenters. The van der Waals surface area contributed by atoms with Crippen molar-refractivity contribution in [2.75, 3.05) is 11.9 Å². The molecule has 0 aromatic heterocycles. The van der Waals surface area contributed by atoms with Gasteiger partial charge >= 0.3 is 0 Å². The lowest BCUT2D eigenvalue weighted by Gasteiger charge is -2.08. The largest absolute Gasteiger partial charge is 0.396 e. The van der Waals surface area contributed by atoms with Crippen molar-refractivity contribution in [3.05, 3.63) is 69.3 Å². The van der Waals surface area contributed by atoms with Gasteiger partial charge in [-0.15, -0.1) is 0 Å². The molecule has 6 heteroatoms. The van der Waals surface area contributed by atoms with E-state index in [0.29, 0.717) is 17.7 Å². The third kappa shape index (κ3) is 3.67. The van der Waals surface area contributed by atoms with Gasteiger partial charge in [-0.2, -0.15) is 0 Å². The number of carbonyl (C=O) groups excluding carboxylic acids is 1. The monoisotopic (exact) mass is 300 g/mol. The van der Waals surface area contributed by atoms with Crippen molar-refractivity contribution in [3.8, 4) is 0 Å². The Morgan fingerprint density at radius 3 is 2.50 bits per heavy atom. The van der Waals surface area contributed by atoms with Gasteiger partial charge in [0.2, 0.25) is 0 Å². The maximum absolute atomic E-state index is 12.2. The summed E-state index contributed by atoms with van der Waals surface area (Å²) in [6, 6.07) is 11.3. The predicted octanol–water partition coefficient (Wildman–Crippen LogP) is 2.69. The predicted molar refractivity (Wildman–Crippen MR) is 83.0 cm³/mol. The number of rotatable bonds is 5. The van der Waals surface area contributed by atoms with Crippen molar-refractivity contribution in [3.63, 3.8) is 0 Å². The van der Waals surface area contributed by atoms with Gasteiger partial charge in [-0.1, -0.05) is 18.2 Å². The summed E-state index contributed by atoms with van der Waals surface area (Å²) in [7, 11) is 0. The Balaban J connectivity index is 2.18. The molecular formula is C16H16N2O4. The molecule has 0 aliphatic rings. The van der Waals surface area contributed by atoms with E-state index >= 15 is 0 Å². The fourth-order valence-corrected chi connectivity index (χ4v) is 2.05. The van der Waals surface area contributed by atoms with Crippen molar-refractivity contribution in [1.82, 2.24) is 0 Å².